The quantitative estimate of drug-likeness (QED) is 0.292. The Bertz CT molecular complexity index is 1180. The van der Waals surface area contributed by atoms with E-state index in [2.05, 4.69) is 36.6 Å². The number of carboxylic acids is 2. The Hall–Kier alpha value is -3.78. The third-order valence-electron chi connectivity index (χ3n) is 5.57. The first-order valence-corrected chi connectivity index (χ1v) is 12.4. The first-order chi connectivity index (χ1) is 19.4. The zero-order chi connectivity index (χ0) is 32.1. The van der Waals surface area contributed by atoms with Crippen LogP contribution >= 0.6 is 0 Å². The first-order valence-electron chi connectivity index (χ1n) is 12.4. The van der Waals surface area contributed by atoms with Crippen LogP contribution < -0.4 is 10.6 Å². The molecule has 42 heavy (non-hydrogen) atoms. The van der Waals surface area contributed by atoms with Crippen LogP contribution in [0.25, 0.3) is 11.1 Å². The summed E-state index contributed by atoms with van der Waals surface area (Å²) < 4.78 is 88.9. The molecule has 0 amide bonds. The highest BCUT2D eigenvalue weighted by Crippen LogP contribution is 2.23. The second-order valence-electron chi connectivity index (χ2n) is 9.05. The van der Waals surface area contributed by atoms with Crippen molar-refractivity contribution >= 4 is 23.1 Å². The van der Waals surface area contributed by atoms with Crippen molar-refractivity contribution in [2.75, 3.05) is 13.1 Å². The zero-order valence-corrected chi connectivity index (χ0v) is 22.5. The maximum atomic E-state index is 12.7. The van der Waals surface area contributed by atoms with Gasteiger partial charge in [-0.2, -0.15) is 26.3 Å². The largest absolute Gasteiger partial charge is 0.490 e. The summed E-state index contributed by atoms with van der Waals surface area (Å²) in [7, 11) is 0. The molecular formula is C28H30F8N2O4. The van der Waals surface area contributed by atoms with Gasteiger partial charge in [-0.3, -0.25) is 0 Å². The van der Waals surface area contributed by atoms with Crippen molar-refractivity contribution in [2.45, 2.75) is 51.1 Å². The number of nitrogens with one attached hydrogen (secondary N) is 2. The molecule has 0 saturated heterocycles. The predicted molar refractivity (Wildman–Crippen MR) is 140 cm³/mol. The minimum absolute atomic E-state index is 0.170. The topological polar surface area (TPSA) is 98.7 Å². The highest BCUT2D eigenvalue weighted by Gasteiger charge is 2.38. The average molecular weight is 611 g/mol. The lowest BCUT2D eigenvalue weighted by atomic mass is 9.96. The zero-order valence-electron chi connectivity index (χ0n) is 22.5. The first kappa shape index (κ1) is 36.2. The van der Waals surface area contributed by atoms with Gasteiger partial charge in [-0.15, -0.1) is 0 Å². The van der Waals surface area contributed by atoms with E-state index in [1.165, 1.54) is 35.4 Å². The van der Waals surface area contributed by atoms with Crippen LogP contribution in [0, 0.1) is 11.6 Å². The molecule has 0 aromatic heterocycles. The molecule has 232 valence electrons. The molecule has 4 rings (SSSR count). The number of aliphatic carboxylic acids is 2. The Balaban J connectivity index is 0.000000297. The maximum Gasteiger partial charge on any atom is 0.490 e. The Morgan fingerprint density at radius 2 is 1.14 bits per heavy atom. The number of benzene rings is 2. The smallest absolute Gasteiger partial charge is 0.475 e. The van der Waals surface area contributed by atoms with Crippen molar-refractivity contribution in [3.8, 4) is 0 Å². The van der Waals surface area contributed by atoms with Gasteiger partial charge in [-0.05, 0) is 79.8 Å². The molecule has 2 aliphatic heterocycles. The molecule has 0 bridgehead atoms. The van der Waals surface area contributed by atoms with Crippen LogP contribution in [-0.4, -0.2) is 59.7 Å². The van der Waals surface area contributed by atoms with Gasteiger partial charge in [0.1, 0.15) is 11.6 Å². The Labute approximate surface area is 236 Å². The van der Waals surface area contributed by atoms with E-state index in [1.807, 2.05) is 24.3 Å². The van der Waals surface area contributed by atoms with Gasteiger partial charge in [0.2, 0.25) is 0 Å². The number of hydrogen-bond donors (Lipinski definition) is 4. The van der Waals surface area contributed by atoms with E-state index >= 15 is 0 Å². The van der Waals surface area contributed by atoms with Gasteiger partial charge in [0, 0.05) is 18.6 Å². The molecule has 4 N–H and O–H groups in total. The van der Waals surface area contributed by atoms with E-state index in [1.54, 1.807) is 0 Å². The number of carbonyl (C=O) groups is 2. The highest BCUT2D eigenvalue weighted by molar-refractivity contribution is 5.73. The van der Waals surface area contributed by atoms with Gasteiger partial charge in [0.05, 0.1) is 0 Å². The van der Waals surface area contributed by atoms with Crippen LogP contribution in [0.2, 0.25) is 0 Å². The van der Waals surface area contributed by atoms with Crippen molar-refractivity contribution in [3.05, 3.63) is 83.4 Å². The molecule has 2 aromatic rings. The van der Waals surface area contributed by atoms with Gasteiger partial charge in [0.25, 0.3) is 0 Å². The monoisotopic (exact) mass is 610 g/mol. The van der Waals surface area contributed by atoms with Crippen LogP contribution in [0.15, 0.2) is 60.7 Å². The normalized spacial score (nSPS) is 18.3. The molecule has 2 unspecified atom stereocenters. The van der Waals surface area contributed by atoms with Gasteiger partial charge >= 0.3 is 24.3 Å². The van der Waals surface area contributed by atoms with Crippen molar-refractivity contribution in [1.29, 1.82) is 0 Å². The van der Waals surface area contributed by atoms with Crippen LogP contribution in [-0.2, 0) is 9.59 Å². The summed E-state index contributed by atoms with van der Waals surface area (Å²) >= 11 is 0. The summed E-state index contributed by atoms with van der Waals surface area (Å²) in [4.78, 5) is 17.8. The lowest BCUT2D eigenvalue weighted by molar-refractivity contribution is -0.193. The molecule has 2 atom stereocenters. The Morgan fingerprint density at radius 1 is 0.738 bits per heavy atom. The molecule has 6 nitrogen and oxygen atoms in total. The second kappa shape index (κ2) is 16.6. The molecule has 2 heterocycles. The molecule has 0 aliphatic carbocycles. The van der Waals surface area contributed by atoms with E-state index in [9.17, 15) is 35.1 Å². The lowest BCUT2D eigenvalue weighted by Gasteiger charge is -2.20. The van der Waals surface area contributed by atoms with Gasteiger partial charge in [0.15, 0.2) is 0 Å². The molecule has 0 radical (unpaired) electrons. The van der Waals surface area contributed by atoms with Gasteiger partial charge in [-0.1, -0.05) is 36.4 Å². The Morgan fingerprint density at radius 3 is 1.50 bits per heavy atom. The summed E-state index contributed by atoms with van der Waals surface area (Å²) in [6.45, 7) is 6.21. The fraction of sp³-hybridized carbons (Fsp3) is 0.357. The number of hydrogen-bond acceptors (Lipinski definition) is 4. The number of carboxylic acid groups (broad SMARTS) is 2. The van der Waals surface area contributed by atoms with E-state index in [-0.39, 0.29) is 11.6 Å². The molecule has 0 saturated carbocycles. The molecular weight excluding hydrogens is 580 g/mol. The summed E-state index contributed by atoms with van der Waals surface area (Å²) in [6.07, 6.45) is -3.74. The van der Waals surface area contributed by atoms with Crippen LogP contribution in [0.4, 0.5) is 35.1 Å². The third-order valence-corrected chi connectivity index (χ3v) is 5.57. The van der Waals surface area contributed by atoms with E-state index in [0.717, 1.165) is 37.1 Å². The van der Waals surface area contributed by atoms with Gasteiger partial charge < -0.3 is 20.8 Å². The molecule has 0 spiro atoms. The molecule has 2 aromatic carbocycles. The molecule has 0 fully saturated rings. The van der Waals surface area contributed by atoms with Crippen LogP contribution in [0.1, 0.15) is 37.8 Å². The molecule has 14 heteroatoms. The van der Waals surface area contributed by atoms with E-state index in [0.29, 0.717) is 12.1 Å². The lowest BCUT2D eigenvalue weighted by Crippen LogP contribution is -2.29. The number of rotatable bonds is 2. The minimum atomic E-state index is -5.08. The molecule has 2 aliphatic rings. The fourth-order valence-electron chi connectivity index (χ4n) is 3.55. The maximum absolute atomic E-state index is 12.7. The summed E-state index contributed by atoms with van der Waals surface area (Å²) in [5.41, 5.74) is 4.91. The van der Waals surface area contributed by atoms with Crippen molar-refractivity contribution < 1.29 is 54.9 Å². The van der Waals surface area contributed by atoms with Crippen molar-refractivity contribution in [1.82, 2.24) is 10.6 Å². The van der Waals surface area contributed by atoms with E-state index in [4.69, 9.17) is 19.8 Å². The van der Waals surface area contributed by atoms with Crippen molar-refractivity contribution in [2.24, 2.45) is 0 Å². The highest BCUT2D eigenvalue weighted by atomic mass is 19.4. The van der Waals surface area contributed by atoms with Crippen molar-refractivity contribution in [3.63, 3.8) is 0 Å². The van der Waals surface area contributed by atoms with Crippen LogP contribution in [0.5, 0.6) is 0 Å². The summed E-state index contributed by atoms with van der Waals surface area (Å²) in [6, 6.07) is 14.4. The summed E-state index contributed by atoms with van der Waals surface area (Å²) in [5.74, 6) is -5.85. The third kappa shape index (κ3) is 14.2. The standard InChI is InChI=1S/2C12H14FN.2C2HF3O2/c2*1-9-8-11(6-7-14-9)10-2-4-12(13)5-3-10;2*3-2(4,5)1(6)7/h2-5,8-9,14H,6-7H2,1H3;2-6,9,14H,7-8H2,1H3;2*(H,6,7). The minimum Gasteiger partial charge on any atom is -0.475 e. The van der Waals surface area contributed by atoms with E-state index < -0.39 is 24.3 Å². The number of alkyl halides is 6. The second-order valence-corrected chi connectivity index (χ2v) is 9.05. The fourth-order valence-corrected chi connectivity index (χ4v) is 3.55. The summed E-state index contributed by atoms with van der Waals surface area (Å²) in [5, 5.41) is 20.9. The van der Waals surface area contributed by atoms with Gasteiger partial charge in [-0.25, -0.2) is 18.4 Å². The van der Waals surface area contributed by atoms with Crippen LogP contribution in [0.3, 0.4) is 0 Å². The number of halogens is 8. The average Bonchev–Trinajstić information content (AvgIpc) is 2.89. The predicted octanol–water partition coefficient (Wildman–Crippen LogP) is 6.45. The Kier molecular flexibility index (Phi) is 14.3. The SMILES string of the molecule is CC1C=C(c2ccc(F)cc2)CCN1.CC1CC(c2ccc(F)cc2)=CCN1.O=C(O)C(F)(F)F.O=C(O)C(F)(F)F.